The van der Waals surface area contributed by atoms with E-state index < -0.39 is 35.2 Å². The van der Waals surface area contributed by atoms with Crippen LogP contribution in [0.5, 0.6) is 11.5 Å². The van der Waals surface area contributed by atoms with Crippen molar-refractivity contribution in [2.45, 2.75) is 47.8 Å². The van der Waals surface area contributed by atoms with Gasteiger partial charge in [-0.3, -0.25) is 4.55 Å². The minimum atomic E-state index is -4.73. The third kappa shape index (κ3) is 5.61. The second-order valence-corrected chi connectivity index (χ2v) is 12.8. The van der Waals surface area contributed by atoms with Gasteiger partial charge in [0.15, 0.2) is 0 Å². The number of rotatable bonds is 7. The smallest absolute Gasteiger partial charge is 0.295 e. The third-order valence-electron chi connectivity index (χ3n) is 6.39. The lowest BCUT2D eigenvalue weighted by molar-refractivity contribution is 0.479. The molecule has 0 radical (unpaired) electrons. The minimum Gasteiger partial charge on any atom is -0.457 e. The maximum atomic E-state index is 13.3. The summed E-state index contributed by atoms with van der Waals surface area (Å²) in [5.74, 6) is 1.46. The molecule has 0 aliphatic rings. The molecule has 192 valence electrons. The summed E-state index contributed by atoms with van der Waals surface area (Å²) in [6, 6.07) is 25.7. The molecule has 8 heteroatoms. The number of hydrogen-bond donors (Lipinski definition) is 1. The number of benzene rings is 4. The van der Waals surface area contributed by atoms with Gasteiger partial charge in [-0.25, -0.2) is 8.42 Å². The summed E-state index contributed by atoms with van der Waals surface area (Å²) in [5, 5.41) is 0. The number of aryl methyl sites for hydroxylation is 2. The molecule has 0 aliphatic carbocycles. The Hall–Kier alpha value is -3.46. The highest BCUT2D eigenvalue weighted by molar-refractivity contribution is 7.92. The monoisotopic (exact) mass is 536 g/mol. The molecule has 1 N–H and O–H groups in total. The fourth-order valence-electron chi connectivity index (χ4n) is 4.07. The zero-order valence-corrected chi connectivity index (χ0v) is 22.6. The van der Waals surface area contributed by atoms with Crippen molar-refractivity contribution in [3.8, 4) is 11.5 Å². The van der Waals surface area contributed by atoms with E-state index >= 15 is 0 Å². The lowest BCUT2D eigenvalue weighted by atomic mass is 9.78. The van der Waals surface area contributed by atoms with Crippen molar-refractivity contribution in [1.82, 2.24) is 0 Å². The van der Waals surface area contributed by atoms with Gasteiger partial charge in [0.25, 0.3) is 10.1 Å². The lowest BCUT2D eigenvalue weighted by Gasteiger charge is -2.26. The van der Waals surface area contributed by atoms with Gasteiger partial charge in [-0.05, 0) is 79.1 Å². The molecule has 0 unspecified atom stereocenters. The first-order valence-electron chi connectivity index (χ1n) is 11.6. The second-order valence-electron chi connectivity index (χ2n) is 9.52. The van der Waals surface area contributed by atoms with Crippen LogP contribution >= 0.6 is 0 Å². The van der Waals surface area contributed by atoms with Crippen LogP contribution < -0.4 is 4.74 Å². The summed E-state index contributed by atoms with van der Waals surface area (Å²) < 4.78 is 65.7. The molecule has 0 amide bonds. The Kier molecular flexibility index (Phi) is 7.03. The van der Waals surface area contributed by atoms with E-state index in [2.05, 4.69) is 0 Å². The molecule has 4 aromatic carbocycles. The maximum Gasteiger partial charge on any atom is 0.295 e. The molecule has 0 saturated carbocycles. The maximum absolute atomic E-state index is 13.3. The van der Waals surface area contributed by atoms with E-state index in [1.54, 1.807) is 19.1 Å². The Morgan fingerprint density at radius 2 is 1.08 bits per heavy atom. The van der Waals surface area contributed by atoms with Crippen LogP contribution in [-0.4, -0.2) is 21.4 Å². The molecule has 0 fully saturated rings. The Morgan fingerprint density at radius 1 is 0.622 bits per heavy atom. The fraction of sp³-hybridized carbons (Fsp3) is 0.172. The summed E-state index contributed by atoms with van der Waals surface area (Å²) in [7, 11) is -8.92. The molecular weight excluding hydrogens is 508 g/mol. The van der Waals surface area contributed by atoms with Crippen molar-refractivity contribution in [2.24, 2.45) is 0 Å². The standard InChI is InChI=1S/C29H28O6S2/c1-20-5-12-24(13-6-20)35-25-14-8-22(9-15-25)29(3,4)23-10-16-26(17-11-23)36(30,31)27-18-7-21(2)19-28(27)37(32,33)34/h5-19H,1-4H3,(H,32,33,34). The van der Waals surface area contributed by atoms with Crippen molar-refractivity contribution in [1.29, 1.82) is 0 Å². The predicted octanol–water partition coefficient (Wildman–Crippen LogP) is 6.50. The van der Waals surface area contributed by atoms with Crippen molar-refractivity contribution < 1.29 is 26.1 Å². The van der Waals surface area contributed by atoms with Gasteiger partial charge >= 0.3 is 0 Å². The van der Waals surface area contributed by atoms with Crippen LogP contribution in [0.1, 0.15) is 36.1 Å². The van der Waals surface area contributed by atoms with E-state index in [0.717, 1.165) is 28.5 Å². The summed E-state index contributed by atoms with van der Waals surface area (Å²) in [6.07, 6.45) is 0. The first kappa shape index (κ1) is 26.6. The molecule has 6 nitrogen and oxygen atoms in total. The quantitative estimate of drug-likeness (QED) is 0.271. The fourth-order valence-corrected chi connectivity index (χ4v) is 6.69. The molecule has 0 atom stereocenters. The van der Waals surface area contributed by atoms with Crippen LogP contribution in [0.3, 0.4) is 0 Å². The van der Waals surface area contributed by atoms with Crippen LogP contribution in [0.4, 0.5) is 0 Å². The van der Waals surface area contributed by atoms with Crippen LogP contribution in [0.25, 0.3) is 0 Å². The third-order valence-corrected chi connectivity index (χ3v) is 9.24. The molecule has 0 aromatic heterocycles. The zero-order valence-electron chi connectivity index (χ0n) is 21.0. The summed E-state index contributed by atoms with van der Waals surface area (Å²) in [6.45, 7) is 7.69. The Labute approximate surface area is 218 Å². The molecule has 4 aromatic rings. The van der Waals surface area contributed by atoms with Gasteiger partial charge < -0.3 is 4.74 Å². The van der Waals surface area contributed by atoms with Crippen molar-refractivity contribution in [3.63, 3.8) is 0 Å². The molecule has 0 saturated heterocycles. The Morgan fingerprint density at radius 3 is 1.59 bits per heavy atom. The highest BCUT2D eigenvalue weighted by Gasteiger charge is 2.28. The van der Waals surface area contributed by atoms with Crippen LogP contribution in [0.2, 0.25) is 0 Å². The van der Waals surface area contributed by atoms with E-state index in [1.165, 1.54) is 24.3 Å². The van der Waals surface area contributed by atoms with Crippen LogP contribution in [0, 0.1) is 13.8 Å². The molecule has 0 heterocycles. The first-order chi connectivity index (χ1) is 17.3. The highest BCUT2D eigenvalue weighted by Crippen LogP contribution is 2.35. The topological polar surface area (TPSA) is 97.7 Å². The van der Waals surface area contributed by atoms with Crippen molar-refractivity contribution in [2.75, 3.05) is 0 Å². The van der Waals surface area contributed by atoms with E-state index in [1.807, 2.05) is 69.3 Å². The van der Waals surface area contributed by atoms with Gasteiger partial charge in [0.1, 0.15) is 16.4 Å². The summed E-state index contributed by atoms with van der Waals surface area (Å²) in [4.78, 5) is -1.16. The van der Waals surface area contributed by atoms with Crippen LogP contribution in [0.15, 0.2) is 106 Å². The van der Waals surface area contributed by atoms with Gasteiger partial charge in [-0.1, -0.05) is 61.9 Å². The predicted molar refractivity (Wildman–Crippen MR) is 143 cm³/mol. The number of hydrogen-bond acceptors (Lipinski definition) is 5. The largest absolute Gasteiger partial charge is 0.457 e. The average molecular weight is 537 g/mol. The molecule has 4 rings (SSSR count). The summed E-state index contributed by atoms with van der Waals surface area (Å²) >= 11 is 0. The van der Waals surface area contributed by atoms with Gasteiger partial charge in [0, 0.05) is 5.41 Å². The zero-order chi connectivity index (χ0) is 27.0. The Bertz CT molecular complexity index is 1640. The van der Waals surface area contributed by atoms with E-state index in [0.29, 0.717) is 11.3 Å². The SMILES string of the molecule is Cc1ccc(Oc2ccc(C(C)(C)c3ccc(S(=O)(=O)c4ccc(C)cc4S(=O)(=O)O)cc3)cc2)cc1. The molecular formula is C29H28O6S2. The highest BCUT2D eigenvalue weighted by atomic mass is 32.2. The molecule has 0 bridgehead atoms. The second kappa shape index (κ2) is 9.78. The van der Waals surface area contributed by atoms with Crippen molar-refractivity contribution in [3.05, 3.63) is 113 Å². The van der Waals surface area contributed by atoms with E-state index in [9.17, 15) is 21.4 Å². The van der Waals surface area contributed by atoms with Gasteiger partial charge in [0.2, 0.25) is 9.84 Å². The van der Waals surface area contributed by atoms with E-state index in [-0.39, 0.29) is 4.90 Å². The molecule has 0 spiro atoms. The van der Waals surface area contributed by atoms with E-state index in [4.69, 9.17) is 4.74 Å². The molecule has 37 heavy (non-hydrogen) atoms. The molecule has 0 aliphatic heterocycles. The van der Waals surface area contributed by atoms with Gasteiger partial charge in [-0.2, -0.15) is 8.42 Å². The summed E-state index contributed by atoms with van der Waals surface area (Å²) in [5.41, 5.74) is 3.10. The lowest BCUT2D eigenvalue weighted by Crippen LogP contribution is -2.19. The van der Waals surface area contributed by atoms with Crippen LogP contribution in [-0.2, 0) is 25.4 Å². The number of ether oxygens (including phenoxy) is 1. The van der Waals surface area contributed by atoms with Crippen molar-refractivity contribution >= 4 is 20.0 Å². The first-order valence-corrected chi connectivity index (χ1v) is 14.5. The Balaban J connectivity index is 1.60. The van der Waals surface area contributed by atoms with Gasteiger partial charge in [0.05, 0.1) is 9.79 Å². The number of sulfone groups is 1. The minimum absolute atomic E-state index is 0.0670. The van der Waals surface area contributed by atoms with Gasteiger partial charge in [-0.15, -0.1) is 0 Å². The normalized spacial score (nSPS) is 12.4. The average Bonchev–Trinajstić information content (AvgIpc) is 2.85.